The Kier molecular flexibility index (Phi) is 4.98. The van der Waals surface area contributed by atoms with Crippen LogP contribution in [0, 0.1) is 0 Å². The molecule has 0 spiro atoms. The third kappa shape index (κ3) is 4.06. The minimum absolute atomic E-state index is 0.0499. The zero-order valence-electron chi connectivity index (χ0n) is 10.8. The molecular weight excluding hydrogens is 358 g/mol. The van der Waals surface area contributed by atoms with Crippen molar-refractivity contribution >= 4 is 45.1 Å². The number of carboxylic acid groups (broad SMARTS) is 1. The Morgan fingerprint density at radius 1 is 1.14 bits per heavy atom. The lowest BCUT2D eigenvalue weighted by Gasteiger charge is -2.08. The van der Waals surface area contributed by atoms with Gasteiger partial charge in [-0.2, -0.15) is 0 Å². The van der Waals surface area contributed by atoms with E-state index in [0.717, 1.165) is 0 Å². The summed E-state index contributed by atoms with van der Waals surface area (Å²) < 4.78 is 0.647. The summed E-state index contributed by atoms with van der Waals surface area (Å²) in [6.45, 7) is 0. The first kappa shape index (κ1) is 15.5. The summed E-state index contributed by atoms with van der Waals surface area (Å²) in [6.07, 6.45) is -0.0499. The van der Waals surface area contributed by atoms with Crippen LogP contribution < -0.4 is 5.32 Å². The van der Waals surface area contributed by atoms with Gasteiger partial charge in [0.2, 0.25) is 0 Å². The lowest BCUT2D eigenvalue weighted by molar-refractivity contribution is -0.136. The van der Waals surface area contributed by atoms with Crippen molar-refractivity contribution in [2.75, 3.05) is 5.32 Å². The number of nitrogens with one attached hydrogen (secondary N) is 1. The van der Waals surface area contributed by atoms with Crippen molar-refractivity contribution in [3.63, 3.8) is 0 Å². The predicted molar refractivity (Wildman–Crippen MR) is 84.9 cm³/mol. The van der Waals surface area contributed by atoms with Crippen molar-refractivity contribution < 1.29 is 14.7 Å². The highest BCUT2D eigenvalue weighted by Gasteiger charge is 2.12. The summed E-state index contributed by atoms with van der Waals surface area (Å²) in [5.41, 5.74) is 1.60. The number of hydrogen-bond acceptors (Lipinski definition) is 2. The average Bonchev–Trinajstić information content (AvgIpc) is 2.43. The normalized spacial score (nSPS) is 10.2. The standard InChI is InChI=1S/C15H11BrClNO3/c16-12-3-1-2-11(14(12)17)15(21)18-10-6-4-9(5-7-10)8-13(19)20/h1-7H,8H2,(H,18,21)(H,19,20). The van der Waals surface area contributed by atoms with Gasteiger partial charge in [-0.15, -0.1) is 0 Å². The van der Waals surface area contributed by atoms with Crippen LogP contribution in [0.2, 0.25) is 5.02 Å². The molecule has 0 atom stereocenters. The summed E-state index contributed by atoms with van der Waals surface area (Å²) in [6, 6.07) is 11.7. The summed E-state index contributed by atoms with van der Waals surface area (Å²) >= 11 is 9.33. The molecule has 0 saturated heterocycles. The van der Waals surface area contributed by atoms with Crippen LogP contribution in [0.15, 0.2) is 46.9 Å². The maximum atomic E-state index is 12.1. The number of amides is 1. The monoisotopic (exact) mass is 367 g/mol. The fraction of sp³-hybridized carbons (Fsp3) is 0.0667. The van der Waals surface area contributed by atoms with Crippen LogP contribution >= 0.6 is 27.5 Å². The Labute approximate surface area is 134 Å². The Balaban J connectivity index is 2.12. The van der Waals surface area contributed by atoms with Crippen molar-refractivity contribution in [1.82, 2.24) is 0 Å². The molecule has 0 saturated carbocycles. The topological polar surface area (TPSA) is 66.4 Å². The van der Waals surface area contributed by atoms with Gasteiger partial charge in [-0.3, -0.25) is 9.59 Å². The Morgan fingerprint density at radius 3 is 2.43 bits per heavy atom. The van der Waals surface area contributed by atoms with Crippen molar-refractivity contribution in [3.8, 4) is 0 Å². The van der Waals surface area contributed by atoms with Crippen molar-refractivity contribution in [2.24, 2.45) is 0 Å². The second-order valence-corrected chi connectivity index (χ2v) is 5.56. The summed E-state index contributed by atoms with van der Waals surface area (Å²) in [5, 5.41) is 11.8. The Hall–Kier alpha value is -1.85. The first-order valence-electron chi connectivity index (χ1n) is 6.03. The smallest absolute Gasteiger partial charge is 0.307 e. The molecular formula is C15H11BrClNO3. The molecule has 0 heterocycles. The molecule has 0 aliphatic heterocycles. The number of halogens is 2. The molecule has 2 N–H and O–H groups in total. The van der Waals surface area contributed by atoms with E-state index in [9.17, 15) is 9.59 Å². The van der Waals surface area contributed by atoms with E-state index in [0.29, 0.717) is 26.3 Å². The predicted octanol–water partition coefficient (Wildman–Crippen LogP) is 3.98. The van der Waals surface area contributed by atoms with Crippen LogP contribution in [0.3, 0.4) is 0 Å². The maximum Gasteiger partial charge on any atom is 0.307 e. The van der Waals surface area contributed by atoms with E-state index in [1.165, 1.54) is 0 Å². The number of aliphatic carboxylic acids is 1. The fourth-order valence-electron chi connectivity index (χ4n) is 1.76. The molecule has 4 nitrogen and oxygen atoms in total. The van der Waals surface area contributed by atoms with Gasteiger partial charge in [-0.1, -0.05) is 29.8 Å². The van der Waals surface area contributed by atoms with E-state index < -0.39 is 5.97 Å². The fourth-order valence-corrected chi connectivity index (χ4v) is 2.34. The third-order valence-corrected chi connectivity index (χ3v) is 4.06. The van der Waals surface area contributed by atoms with Gasteiger partial charge in [-0.05, 0) is 45.8 Å². The van der Waals surface area contributed by atoms with Crippen molar-refractivity contribution in [2.45, 2.75) is 6.42 Å². The molecule has 21 heavy (non-hydrogen) atoms. The largest absolute Gasteiger partial charge is 0.481 e. The lowest BCUT2D eigenvalue weighted by Crippen LogP contribution is -2.12. The van der Waals surface area contributed by atoms with Gasteiger partial charge in [0.25, 0.3) is 5.91 Å². The summed E-state index contributed by atoms with van der Waals surface area (Å²) in [5.74, 6) is -1.22. The summed E-state index contributed by atoms with van der Waals surface area (Å²) in [4.78, 5) is 22.7. The van der Waals surface area contributed by atoms with Crippen LogP contribution in [0.25, 0.3) is 0 Å². The molecule has 0 unspecified atom stereocenters. The van der Waals surface area contributed by atoms with E-state index in [2.05, 4.69) is 21.2 Å². The average molecular weight is 369 g/mol. The van der Waals surface area contributed by atoms with E-state index in [4.69, 9.17) is 16.7 Å². The van der Waals surface area contributed by atoms with Crippen LogP contribution in [0.4, 0.5) is 5.69 Å². The molecule has 6 heteroatoms. The lowest BCUT2D eigenvalue weighted by atomic mass is 10.1. The van der Waals surface area contributed by atoms with Gasteiger partial charge in [-0.25, -0.2) is 0 Å². The zero-order valence-corrected chi connectivity index (χ0v) is 13.1. The number of rotatable bonds is 4. The van der Waals surface area contributed by atoms with Crippen LogP contribution in [-0.2, 0) is 11.2 Å². The van der Waals surface area contributed by atoms with E-state index in [1.807, 2.05) is 0 Å². The van der Waals surface area contributed by atoms with Gasteiger partial charge >= 0.3 is 5.97 Å². The molecule has 0 fully saturated rings. The highest BCUT2D eigenvalue weighted by atomic mass is 79.9. The van der Waals surface area contributed by atoms with E-state index in [-0.39, 0.29) is 12.3 Å². The number of benzene rings is 2. The molecule has 2 rings (SSSR count). The SMILES string of the molecule is O=C(O)Cc1ccc(NC(=O)c2cccc(Br)c2Cl)cc1. The first-order chi connectivity index (χ1) is 9.97. The first-order valence-corrected chi connectivity index (χ1v) is 7.20. The van der Waals surface area contributed by atoms with Gasteiger partial charge in [0.05, 0.1) is 17.0 Å². The van der Waals surface area contributed by atoms with Crippen molar-refractivity contribution in [1.29, 1.82) is 0 Å². The quantitative estimate of drug-likeness (QED) is 0.858. The second-order valence-electron chi connectivity index (χ2n) is 4.32. The molecule has 2 aromatic rings. The molecule has 0 aliphatic carbocycles. The highest BCUT2D eigenvalue weighted by molar-refractivity contribution is 9.10. The molecule has 0 aliphatic rings. The minimum atomic E-state index is -0.896. The molecule has 1 amide bonds. The second kappa shape index (κ2) is 6.74. The number of anilines is 1. The van der Waals surface area contributed by atoms with Gasteiger partial charge in [0, 0.05) is 10.2 Å². The summed E-state index contributed by atoms with van der Waals surface area (Å²) in [7, 11) is 0. The Morgan fingerprint density at radius 2 is 1.81 bits per heavy atom. The number of carbonyl (C=O) groups is 2. The molecule has 0 radical (unpaired) electrons. The Bertz CT molecular complexity index is 686. The van der Waals surface area contributed by atoms with Crippen molar-refractivity contribution in [3.05, 3.63) is 63.1 Å². The van der Waals surface area contributed by atoms with Crippen LogP contribution in [0.5, 0.6) is 0 Å². The zero-order chi connectivity index (χ0) is 15.4. The van der Waals surface area contributed by atoms with Gasteiger partial charge in [0.15, 0.2) is 0 Å². The third-order valence-electron chi connectivity index (χ3n) is 2.76. The van der Waals surface area contributed by atoms with E-state index in [1.54, 1.807) is 42.5 Å². The number of carboxylic acids is 1. The van der Waals surface area contributed by atoms with Crippen LogP contribution in [-0.4, -0.2) is 17.0 Å². The molecule has 0 bridgehead atoms. The van der Waals surface area contributed by atoms with Gasteiger partial charge in [0.1, 0.15) is 0 Å². The van der Waals surface area contributed by atoms with E-state index >= 15 is 0 Å². The number of hydrogen-bond donors (Lipinski definition) is 2. The molecule has 0 aromatic heterocycles. The minimum Gasteiger partial charge on any atom is -0.481 e. The maximum absolute atomic E-state index is 12.1. The molecule has 108 valence electrons. The highest BCUT2D eigenvalue weighted by Crippen LogP contribution is 2.26. The van der Waals surface area contributed by atoms with Gasteiger partial charge < -0.3 is 10.4 Å². The molecule has 2 aromatic carbocycles. The number of carbonyl (C=O) groups excluding carboxylic acids is 1. The van der Waals surface area contributed by atoms with Crippen LogP contribution in [0.1, 0.15) is 15.9 Å².